The lowest BCUT2D eigenvalue weighted by Gasteiger charge is -2.13. The Morgan fingerprint density at radius 1 is 1.17 bits per heavy atom. The molecule has 0 unspecified atom stereocenters. The molecule has 0 fully saturated rings. The van der Waals surface area contributed by atoms with Crippen LogP contribution in [0.25, 0.3) is 0 Å². The molecule has 3 nitrogen and oxygen atoms in total. The number of aromatic nitrogens is 2. The summed E-state index contributed by atoms with van der Waals surface area (Å²) in [5.74, 6) is 0. The Bertz CT molecular complexity index is 344. The summed E-state index contributed by atoms with van der Waals surface area (Å²) in [4.78, 5) is 4.55. The van der Waals surface area contributed by atoms with E-state index in [4.69, 9.17) is 0 Å². The lowest BCUT2D eigenvalue weighted by molar-refractivity contribution is 0.538. The molecule has 0 amide bonds. The van der Waals surface area contributed by atoms with Crippen molar-refractivity contribution in [3.05, 3.63) is 17.7 Å². The number of hydrogen-bond acceptors (Lipinski definition) is 2. The molecule has 1 heterocycles. The van der Waals surface area contributed by atoms with Crippen LogP contribution in [0.1, 0.15) is 56.8 Å². The highest BCUT2D eigenvalue weighted by Crippen LogP contribution is 2.20. The van der Waals surface area contributed by atoms with Crippen molar-refractivity contribution >= 4 is 0 Å². The van der Waals surface area contributed by atoms with E-state index >= 15 is 0 Å². The zero-order valence-electron chi connectivity index (χ0n) is 11.7. The highest BCUT2D eigenvalue weighted by Gasteiger charge is 2.14. The highest BCUT2D eigenvalue weighted by molar-refractivity contribution is 5.16. The molecule has 3 heteroatoms. The average Bonchev–Trinajstić information content (AvgIpc) is 2.81. The summed E-state index contributed by atoms with van der Waals surface area (Å²) in [6, 6.07) is 0. The molecule has 0 saturated carbocycles. The molecule has 1 aliphatic rings. The van der Waals surface area contributed by atoms with E-state index in [1.165, 1.54) is 69.3 Å². The van der Waals surface area contributed by atoms with Gasteiger partial charge in [0.25, 0.3) is 0 Å². The fourth-order valence-corrected chi connectivity index (χ4v) is 2.73. The Morgan fingerprint density at radius 2 is 2.06 bits per heavy atom. The minimum Gasteiger partial charge on any atom is -0.334 e. The second kappa shape index (κ2) is 7.57. The Balaban J connectivity index is 1.63. The summed E-state index contributed by atoms with van der Waals surface area (Å²) in [6.07, 6.45) is 12.3. The first kappa shape index (κ1) is 13.6. The number of hydrogen-bond donors (Lipinski definition) is 1. The van der Waals surface area contributed by atoms with Crippen molar-refractivity contribution in [3.63, 3.8) is 0 Å². The second-order valence-corrected chi connectivity index (χ2v) is 5.35. The summed E-state index contributed by atoms with van der Waals surface area (Å²) in [5, 5.41) is 3.46. The van der Waals surface area contributed by atoms with Gasteiger partial charge in [-0.1, -0.05) is 13.3 Å². The van der Waals surface area contributed by atoms with Gasteiger partial charge in [0.1, 0.15) is 0 Å². The predicted molar refractivity (Wildman–Crippen MR) is 75.9 cm³/mol. The van der Waals surface area contributed by atoms with Crippen LogP contribution in [0.2, 0.25) is 0 Å². The summed E-state index contributed by atoms with van der Waals surface area (Å²) in [5.41, 5.74) is 2.89. The van der Waals surface area contributed by atoms with E-state index < -0.39 is 0 Å². The van der Waals surface area contributed by atoms with Crippen LogP contribution >= 0.6 is 0 Å². The van der Waals surface area contributed by atoms with Gasteiger partial charge in [0.15, 0.2) is 0 Å². The van der Waals surface area contributed by atoms with Crippen LogP contribution in [0.15, 0.2) is 6.33 Å². The topological polar surface area (TPSA) is 29.9 Å². The third-order valence-electron chi connectivity index (χ3n) is 3.79. The molecule has 2 rings (SSSR count). The SMILES string of the molecule is CCCNCCCCCn1cnc2c1CCCC2. The van der Waals surface area contributed by atoms with Crippen LogP contribution in [0.3, 0.4) is 0 Å². The molecule has 1 aromatic rings. The molecule has 102 valence electrons. The van der Waals surface area contributed by atoms with Gasteiger partial charge in [0.05, 0.1) is 12.0 Å². The van der Waals surface area contributed by atoms with Gasteiger partial charge in [-0.15, -0.1) is 0 Å². The zero-order chi connectivity index (χ0) is 12.6. The van der Waals surface area contributed by atoms with Crippen LogP contribution in [-0.4, -0.2) is 22.6 Å². The largest absolute Gasteiger partial charge is 0.334 e. The molecule has 0 bridgehead atoms. The lowest BCUT2D eigenvalue weighted by atomic mass is 10.0. The second-order valence-electron chi connectivity index (χ2n) is 5.35. The first-order chi connectivity index (χ1) is 8.92. The van der Waals surface area contributed by atoms with Gasteiger partial charge in [0, 0.05) is 12.2 Å². The summed E-state index contributed by atoms with van der Waals surface area (Å²) < 4.78 is 2.40. The van der Waals surface area contributed by atoms with E-state index in [-0.39, 0.29) is 0 Å². The predicted octanol–water partition coefficient (Wildman–Crippen LogP) is 2.93. The number of rotatable bonds is 8. The molecular weight excluding hydrogens is 222 g/mol. The maximum Gasteiger partial charge on any atom is 0.0951 e. The summed E-state index contributed by atoms with van der Waals surface area (Å²) >= 11 is 0. The van der Waals surface area contributed by atoms with Gasteiger partial charge in [-0.2, -0.15) is 0 Å². The van der Waals surface area contributed by atoms with Gasteiger partial charge in [-0.25, -0.2) is 4.98 Å². The van der Waals surface area contributed by atoms with Gasteiger partial charge in [0.2, 0.25) is 0 Å². The molecule has 18 heavy (non-hydrogen) atoms. The third-order valence-corrected chi connectivity index (χ3v) is 3.79. The molecule has 1 aliphatic carbocycles. The van der Waals surface area contributed by atoms with Crippen molar-refractivity contribution in [1.29, 1.82) is 0 Å². The zero-order valence-corrected chi connectivity index (χ0v) is 11.7. The Labute approximate surface area is 111 Å². The summed E-state index contributed by atoms with van der Waals surface area (Å²) in [7, 11) is 0. The van der Waals surface area contributed by atoms with Crippen LogP contribution in [-0.2, 0) is 19.4 Å². The molecule has 0 aliphatic heterocycles. The van der Waals surface area contributed by atoms with Gasteiger partial charge < -0.3 is 9.88 Å². The van der Waals surface area contributed by atoms with Crippen molar-refractivity contribution in [2.75, 3.05) is 13.1 Å². The van der Waals surface area contributed by atoms with E-state index in [2.05, 4.69) is 28.1 Å². The Morgan fingerprint density at radius 3 is 2.94 bits per heavy atom. The summed E-state index contributed by atoms with van der Waals surface area (Å²) in [6.45, 7) is 5.72. The van der Waals surface area contributed by atoms with E-state index in [9.17, 15) is 0 Å². The maximum atomic E-state index is 4.55. The molecular formula is C15H27N3. The van der Waals surface area contributed by atoms with Crippen molar-refractivity contribution < 1.29 is 0 Å². The van der Waals surface area contributed by atoms with Crippen molar-refractivity contribution in [2.45, 2.75) is 64.8 Å². The minimum atomic E-state index is 1.16. The lowest BCUT2D eigenvalue weighted by Crippen LogP contribution is -2.16. The molecule has 1 N–H and O–H groups in total. The van der Waals surface area contributed by atoms with Gasteiger partial charge in [-0.05, 0) is 58.0 Å². The standard InChI is InChI=1S/C15H27N3/c1-2-10-16-11-6-3-7-12-18-13-17-14-8-4-5-9-15(14)18/h13,16H,2-12H2,1H3. The Hall–Kier alpha value is -0.830. The fourth-order valence-electron chi connectivity index (χ4n) is 2.73. The average molecular weight is 249 g/mol. The number of fused-ring (bicyclic) bond motifs is 1. The van der Waals surface area contributed by atoms with E-state index in [0.717, 1.165) is 13.1 Å². The van der Waals surface area contributed by atoms with Crippen molar-refractivity contribution in [1.82, 2.24) is 14.9 Å². The number of aryl methyl sites for hydroxylation is 2. The first-order valence-electron chi connectivity index (χ1n) is 7.65. The smallest absolute Gasteiger partial charge is 0.0951 e. The third kappa shape index (κ3) is 3.84. The quantitative estimate of drug-likeness (QED) is 0.718. The van der Waals surface area contributed by atoms with Crippen molar-refractivity contribution in [2.24, 2.45) is 0 Å². The van der Waals surface area contributed by atoms with Crippen LogP contribution in [0, 0.1) is 0 Å². The van der Waals surface area contributed by atoms with Crippen LogP contribution in [0.4, 0.5) is 0 Å². The van der Waals surface area contributed by atoms with Crippen molar-refractivity contribution in [3.8, 4) is 0 Å². The normalized spacial score (nSPS) is 14.7. The Kier molecular flexibility index (Phi) is 5.72. The maximum absolute atomic E-state index is 4.55. The number of imidazole rings is 1. The van der Waals surface area contributed by atoms with E-state index in [1.54, 1.807) is 0 Å². The molecule has 0 spiro atoms. The first-order valence-corrected chi connectivity index (χ1v) is 7.65. The van der Waals surface area contributed by atoms with Gasteiger partial charge >= 0.3 is 0 Å². The van der Waals surface area contributed by atoms with Crippen LogP contribution < -0.4 is 5.32 Å². The van der Waals surface area contributed by atoms with Gasteiger partial charge in [-0.3, -0.25) is 0 Å². The highest BCUT2D eigenvalue weighted by atomic mass is 15.1. The van der Waals surface area contributed by atoms with E-state index in [1.807, 2.05) is 0 Å². The molecule has 0 radical (unpaired) electrons. The monoisotopic (exact) mass is 249 g/mol. The number of nitrogens with one attached hydrogen (secondary N) is 1. The minimum absolute atomic E-state index is 1.16. The molecule has 0 atom stereocenters. The van der Waals surface area contributed by atoms with Crippen LogP contribution in [0.5, 0.6) is 0 Å². The molecule has 0 aromatic carbocycles. The van der Waals surface area contributed by atoms with E-state index in [0.29, 0.717) is 0 Å². The molecule has 1 aromatic heterocycles. The number of nitrogens with zero attached hydrogens (tertiary/aromatic N) is 2. The number of unbranched alkanes of at least 4 members (excludes halogenated alkanes) is 2. The molecule has 0 saturated heterocycles. The fraction of sp³-hybridized carbons (Fsp3) is 0.800.